The van der Waals surface area contributed by atoms with Gasteiger partial charge >= 0.3 is 0 Å². The molecule has 0 saturated carbocycles. The quantitative estimate of drug-likeness (QED) is 0.493. The van der Waals surface area contributed by atoms with Crippen molar-refractivity contribution in [1.29, 1.82) is 0 Å². The van der Waals surface area contributed by atoms with Crippen molar-refractivity contribution in [2.45, 2.75) is 13.2 Å². The van der Waals surface area contributed by atoms with Gasteiger partial charge in [0.1, 0.15) is 11.9 Å². The van der Waals surface area contributed by atoms with Crippen molar-refractivity contribution >= 4 is 27.7 Å². The Labute approximate surface area is 178 Å². The fourth-order valence-corrected chi connectivity index (χ4v) is 4.01. The number of carbonyl (C=O) groups is 1. The monoisotopic (exact) mass is 421 g/mol. The molecule has 2 aromatic heterocycles. The smallest absolute Gasteiger partial charge is 0.267 e. The Kier molecular flexibility index (Phi) is 5.16. The summed E-state index contributed by atoms with van der Waals surface area (Å²) in [6.45, 7) is 1.67. The van der Waals surface area contributed by atoms with Crippen molar-refractivity contribution < 1.29 is 24.1 Å². The molecule has 1 atom stereocenters. The topological polar surface area (TPSA) is 109 Å². The molecule has 2 aromatic carbocycles. The molecule has 8 nitrogen and oxygen atoms in total. The van der Waals surface area contributed by atoms with Gasteiger partial charge in [-0.15, -0.1) is 0 Å². The summed E-state index contributed by atoms with van der Waals surface area (Å²) in [6.07, 6.45) is -0.853. The fourth-order valence-electron chi connectivity index (χ4n) is 4.01. The minimum atomic E-state index is -0.853. The van der Waals surface area contributed by atoms with Gasteiger partial charge in [-0.1, -0.05) is 18.2 Å². The van der Waals surface area contributed by atoms with Gasteiger partial charge in [0.05, 0.1) is 38.1 Å². The van der Waals surface area contributed by atoms with E-state index in [4.69, 9.17) is 19.9 Å². The number of aliphatic hydroxyl groups excluding tert-OH is 1. The predicted octanol–water partition coefficient (Wildman–Crippen LogP) is 3.49. The van der Waals surface area contributed by atoms with E-state index in [1.54, 1.807) is 29.7 Å². The second-order valence-corrected chi connectivity index (χ2v) is 7.02. The molecule has 3 N–H and O–H groups in total. The molecule has 0 spiro atoms. The first-order chi connectivity index (χ1) is 14.9. The third-order valence-corrected chi connectivity index (χ3v) is 5.27. The average molecular weight is 421 g/mol. The normalized spacial score (nSPS) is 12.2. The first-order valence-corrected chi connectivity index (χ1v) is 9.63. The van der Waals surface area contributed by atoms with Gasteiger partial charge in [-0.3, -0.25) is 4.79 Å². The Hall–Kier alpha value is -3.78. The van der Waals surface area contributed by atoms with Crippen LogP contribution < -0.4 is 19.9 Å². The molecule has 0 fully saturated rings. The maximum Gasteiger partial charge on any atom is 0.267 e. The molecule has 0 radical (unpaired) electrons. The highest BCUT2D eigenvalue weighted by molar-refractivity contribution is 6.14. The average Bonchev–Trinajstić information content (AvgIpc) is 3.12. The SMILES string of the molecule is COc1ccc(-c2nc(C(N)=O)cc3c4ccccc4n(C(C)O)c23)c(OC)c1OC. The van der Waals surface area contributed by atoms with Crippen LogP contribution in [0.15, 0.2) is 42.5 Å². The maximum atomic E-state index is 12.1. The first-order valence-electron chi connectivity index (χ1n) is 9.63. The minimum Gasteiger partial charge on any atom is -0.493 e. The van der Waals surface area contributed by atoms with Crippen LogP contribution in [-0.2, 0) is 0 Å². The van der Waals surface area contributed by atoms with Crippen molar-refractivity contribution in [1.82, 2.24) is 9.55 Å². The number of hydrogen-bond acceptors (Lipinski definition) is 6. The van der Waals surface area contributed by atoms with Crippen LogP contribution in [0, 0.1) is 0 Å². The number of pyridine rings is 1. The second-order valence-electron chi connectivity index (χ2n) is 7.02. The summed E-state index contributed by atoms with van der Waals surface area (Å²) in [6, 6.07) is 12.8. The maximum absolute atomic E-state index is 12.1. The lowest BCUT2D eigenvalue weighted by atomic mass is 10.0. The van der Waals surface area contributed by atoms with Crippen molar-refractivity contribution in [3.05, 3.63) is 48.2 Å². The summed E-state index contributed by atoms with van der Waals surface area (Å²) < 4.78 is 18.3. The number of rotatable bonds is 6. The molecule has 0 aliphatic rings. The number of aliphatic hydroxyl groups is 1. The summed E-state index contributed by atoms with van der Waals surface area (Å²) >= 11 is 0. The number of benzene rings is 2. The molecule has 0 saturated heterocycles. The summed E-state index contributed by atoms with van der Waals surface area (Å²) in [4.78, 5) is 16.7. The number of para-hydroxylation sites is 1. The Morgan fingerprint density at radius 1 is 1.03 bits per heavy atom. The van der Waals surface area contributed by atoms with Gasteiger partial charge in [-0.05, 0) is 31.2 Å². The summed E-state index contributed by atoms with van der Waals surface area (Å²) in [7, 11) is 4.56. The lowest BCUT2D eigenvalue weighted by molar-refractivity contribution is 0.0996. The Balaban J connectivity index is 2.23. The van der Waals surface area contributed by atoms with Crippen LogP contribution in [0.5, 0.6) is 17.2 Å². The Morgan fingerprint density at radius 2 is 1.74 bits per heavy atom. The zero-order valence-electron chi connectivity index (χ0n) is 17.7. The van der Waals surface area contributed by atoms with E-state index in [1.165, 1.54) is 21.3 Å². The van der Waals surface area contributed by atoms with Gasteiger partial charge in [-0.2, -0.15) is 0 Å². The van der Waals surface area contributed by atoms with Crippen LogP contribution >= 0.6 is 0 Å². The molecule has 1 unspecified atom stereocenters. The molecule has 160 valence electrons. The second kappa shape index (κ2) is 7.81. The van der Waals surface area contributed by atoms with Crippen molar-refractivity contribution in [3.8, 4) is 28.5 Å². The molecule has 0 aliphatic carbocycles. The van der Waals surface area contributed by atoms with Crippen LogP contribution in [0.3, 0.4) is 0 Å². The summed E-state index contributed by atoms with van der Waals surface area (Å²) in [5.74, 6) is 0.610. The standard InChI is InChI=1S/C23H23N3O5/c1-12(27)26-17-8-6-5-7-13(17)15-11-16(23(24)28)25-19(20(15)26)14-9-10-18(29-2)22(31-4)21(14)30-3/h5-12,27H,1-4H3,(H2,24,28). The first kappa shape index (κ1) is 20.5. The van der Waals surface area contributed by atoms with Gasteiger partial charge in [0.2, 0.25) is 5.75 Å². The number of nitrogens with two attached hydrogens (primary N) is 1. The Bertz CT molecular complexity index is 1310. The number of ether oxygens (including phenoxy) is 3. The van der Waals surface area contributed by atoms with E-state index in [0.717, 1.165) is 16.3 Å². The summed E-state index contributed by atoms with van der Waals surface area (Å²) in [5.41, 5.74) is 8.15. The third kappa shape index (κ3) is 3.12. The Morgan fingerprint density at radius 3 is 2.35 bits per heavy atom. The summed E-state index contributed by atoms with van der Waals surface area (Å²) in [5, 5.41) is 12.2. The van der Waals surface area contributed by atoms with Crippen LogP contribution in [0.1, 0.15) is 23.6 Å². The molecule has 8 heteroatoms. The third-order valence-electron chi connectivity index (χ3n) is 5.27. The van der Waals surface area contributed by atoms with E-state index in [-0.39, 0.29) is 5.69 Å². The zero-order valence-corrected chi connectivity index (χ0v) is 17.7. The molecular formula is C23H23N3O5. The fraction of sp³-hybridized carbons (Fsp3) is 0.217. The number of methoxy groups -OCH3 is 3. The lowest BCUT2D eigenvalue weighted by Gasteiger charge is -2.18. The van der Waals surface area contributed by atoms with E-state index < -0.39 is 12.1 Å². The van der Waals surface area contributed by atoms with Crippen LogP contribution in [0.25, 0.3) is 33.1 Å². The highest BCUT2D eigenvalue weighted by atomic mass is 16.5. The lowest BCUT2D eigenvalue weighted by Crippen LogP contribution is -2.14. The molecule has 1 amide bonds. The van der Waals surface area contributed by atoms with Gasteiger partial charge in [-0.25, -0.2) is 4.98 Å². The highest BCUT2D eigenvalue weighted by Crippen LogP contribution is 2.46. The van der Waals surface area contributed by atoms with Crippen molar-refractivity contribution in [2.24, 2.45) is 5.73 Å². The largest absolute Gasteiger partial charge is 0.493 e. The highest BCUT2D eigenvalue weighted by Gasteiger charge is 2.25. The molecule has 4 rings (SSSR count). The number of amides is 1. The molecule has 4 aromatic rings. The van der Waals surface area contributed by atoms with Gasteiger partial charge in [0.25, 0.3) is 5.91 Å². The van der Waals surface area contributed by atoms with E-state index in [9.17, 15) is 9.90 Å². The number of primary amides is 1. The zero-order chi connectivity index (χ0) is 22.3. The van der Waals surface area contributed by atoms with Gasteiger partial charge in [0, 0.05) is 16.3 Å². The van der Waals surface area contributed by atoms with Crippen LogP contribution in [0.4, 0.5) is 0 Å². The van der Waals surface area contributed by atoms with E-state index >= 15 is 0 Å². The van der Waals surface area contributed by atoms with Crippen LogP contribution in [0.2, 0.25) is 0 Å². The molecule has 0 aliphatic heterocycles. The van der Waals surface area contributed by atoms with E-state index in [2.05, 4.69) is 4.98 Å². The minimum absolute atomic E-state index is 0.104. The molecule has 0 bridgehead atoms. The number of hydrogen-bond donors (Lipinski definition) is 2. The molecule has 31 heavy (non-hydrogen) atoms. The van der Waals surface area contributed by atoms with Gasteiger partial charge in [0.15, 0.2) is 11.5 Å². The van der Waals surface area contributed by atoms with Gasteiger partial charge < -0.3 is 29.6 Å². The number of fused-ring (bicyclic) bond motifs is 3. The molecular weight excluding hydrogens is 398 g/mol. The molecule has 2 heterocycles. The number of aromatic nitrogens is 2. The predicted molar refractivity (Wildman–Crippen MR) is 118 cm³/mol. The van der Waals surface area contributed by atoms with E-state index in [0.29, 0.717) is 34.0 Å². The number of carbonyl (C=O) groups excluding carboxylic acids is 1. The number of nitrogens with zero attached hydrogens (tertiary/aromatic N) is 2. The van der Waals surface area contributed by atoms with Crippen LogP contribution in [-0.4, -0.2) is 41.9 Å². The van der Waals surface area contributed by atoms with Crippen molar-refractivity contribution in [3.63, 3.8) is 0 Å². The van der Waals surface area contributed by atoms with Crippen molar-refractivity contribution in [2.75, 3.05) is 21.3 Å². The van der Waals surface area contributed by atoms with E-state index in [1.807, 2.05) is 24.3 Å².